The average molecular weight is 448 g/mol. The highest BCUT2D eigenvalue weighted by molar-refractivity contribution is 8.18. The lowest BCUT2D eigenvalue weighted by molar-refractivity contribution is -0.384. The molecule has 0 bridgehead atoms. The number of anilines is 1. The Bertz CT molecular complexity index is 1280. The Morgan fingerprint density at radius 3 is 2.62 bits per heavy atom. The molecule has 0 saturated carbocycles. The first kappa shape index (κ1) is 21.1. The van der Waals surface area contributed by atoms with E-state index in [-0.39, 0.29) is 17.5 Å². The van der Waals surface area contributed by atoms with Crippen molar-refractivity contribution in [3.8, 4) is 11.3 Å². The van der Waals surface area contributed by atoms with E-state index in [9.17, 15) is 19.7 Å². The quantitative estimate of drug-likeness (QED) is 0.331. The number of amidine groups is 1. The number of nitro benzene ring substituents is 1. The van der Waals surface area contributed by atoms with Crippen LogP contribution in [0.25, 0.3) is 17.4 Å². The summed E-state index contributed by atoms with van der Waals surface area (Å²) < 4.78 is 5.72. The van der Waals surface area contributed by atoms with E-state index in [4.69, 9.17) is 4.42 Å². The van der Waals surface area contributed by atoms with Crippen LogP contribution in [0.2, 0.25) is 0 Å². The molecule has 2 amide bonds. The maximum Gasteiger partial charge on any atom is 0.280 e. The molecule has 2 heterocycles. The topological polar surface area (TPSA) is 127 Å². The zero-order chi connectivity index (χ0) is 22.7. The average Bonchev–Trinajstić information content (AvgIpc) is 3.36. The number of nitrogens with one attached hydrogen (secondary N) is 2. The Hall–Kier alpha value is -4.18. The summed E-state index contributed by atoms with van der Waals surface area (Å²) in [4.78, 5) is 38.9. The van der Waals surface area contributed by atoms with Gasteiger partial charge in [-0.3, -0.25) is 19.7 Å². The summed E-state index contributed by atoms with van der Waals surface area (Å²) in [6, 6.07) is 16.4. The maximum absolute atomic E-state index is 12.3. The SMILES string of the molecule is CC(=O)Nc1ccc(N=C2NC(=O)/C(=C\c3ccc(-c4ccccc4[N+](=O)[O-])o3)S2)cc1. The Balaban J connectivity index is 1.52. The number of thioether (sulfide) groups is 1. The molecule has 0 spiro atoms. The zero-order valence-corrected chi connectivity index (χ0v) is 17.5. The lowest BCUT2D eigenvalue weighted by atomic mass is 10.1. The summed E-state index contributed by atoms with van der Waals surface area (Å²) in [7, 11) is 0. The van der Waals surface area contributed by atoms with Crippen LogP contribution in [-0.2, 0) is 9.59 Å². The summed E-state index contributed by atoms with van der Waals surface area (Å²) >= 11 is 1.15. The second-order valence-corrected chi connectivity index (χ2v) is 7.72. The van der Waals surface area contributed by atoms with Crippen LogP contribution in [0.4, 0.5) is 17.1 Å². The molecule has 1 aliphatic heterocycles. The van der Waals surface area contributed by atoms with E-state index < -0.39 is 4.92 Å². The first-order chi connectivity index (χ1) is 15.4. The van der Waals surface area contributed by atoms with Crippen LogP contribution >= 0.6 is 11.8 Å². The van der Waals surface area contributed by atoms with Crippen LogP contribution in [0.5, 0.6) is 0 Å². The fourth-order valence-electron chi connectivity index (χ4n) is 2.97. The number of benzene rings is 2. The molecule has 1 aromatic heterocycles. The number of carbonyl (C=O) groups excluding carboxylic acids is 2. The number of furan rings is 1. The molecule has 160 valence electrons. The van der Waals surface area contributed by atoms with Gasteiger partial charge in [-0.2, -0.15) is 0 Å². The predicted octanol–water partition coefficient (Wildman–Crippen LogP) is 4.70. The van der Waals surface area contributed by atoms with Crippen molar-refractivity contribution in [3.05, 3.63) is 81.4 Å². The molecule has 2 aromatic carbocycles. The van der Waals surface area contributed by atoms with E-state index in [1.807, 2.05) is 0 Å². The molecular weight excluding hydrogens is 432 g/mol. The fraction of sp³-hybridized carbons (Fsp3) is 0.0455. The molecule has 3 aromatic rings. The molecule has 2 N–H and O–H groups in total. The van der Waals surface area contributed by atoms with Crippen molar-refractivity contribution in [1.82, 2.24) is 5.32 Å². The smallest absolute Gasteiger partial charge is 0.280 e. The van der Waals surface area contributed by atoms with Gasteiger partial charge in [0, 0.05) is 24.8 Å². The van der Waals surface area contributed by atoms with Gasteiger partial charge in [0.2, 0.25) is 5.91 Å². The standard InChI is InChI=1S/C22H16N4O5S/c1-13(27)23-14-6-8-15(9-7-14)24-22-25-21(28)20(32-22)12-16-10-11-19(31-16)17-4-2-3-5-18(17)26(29)30/h2-12H,1H3,(H,23,27)(H,24,25,28)/b20-12+. The summed E-state index contributed by atoms with van der Waals surface area (Å²) in [5, 5.41) is 17.0. The third kappa shape index (κ3) is 4.76. The van der Waals surface area contributed by atoms with Crippen LogP contribution in [0.1, 0.15) is 12.7 Å². The number of aliphatic imine (C=N–C) groups is 1. The van der Waals surface area contributed by atoms with E-state index >= 15 is 0 Å². The van der Waals surface area contributed by atoms with E-state index in [1.165, 1.54) is 13.0 Å². The van der Waals surface area contributed by atoms with Gasteiger partial charge in [0.1, 0.15) is 11.5 Å². The Morgan fingerprint density at radius 1 is 1.16 bits per heavy atom. The Morgan fingerprint density at radius 2 is 1.91 bits per heavy atom. The van der Waals surface area contributed by atoms with Crippen molar-refractivity contribution in [1.29, 1.82) is 0 Å². The van der Waals surface area contributed by atoms with E-state index in [0.717, 1.165) is 11.8 Å². The van der Waals surface area contributed by atoms with Crippen molar-refractivity contribution in [3.63, 3.8) is 0 Å². The minimum Gasteiger partial charge on any atom is -0.456 e. The molecule has 1 fully saturated rings. The summed E-state index contributed by atoms with van der Waals surface area (Å²) in [6.45, 7) is 1.43. The highest BCUT2D eigenvalue weighted by Gasteiger charge is 2.25. The van der Waals surface area contributed by atoms with E-state index in [1.54, 1.807) is 60.7 Å². The first-order valence-electron chi connectivity index (χ1n) is 9.40. The van der Waals surface area contributed by atoms with Crippen LogP contribution in [0, 0.1) is 10.1 Å². The molecule has 32 heavy (non-hydrogen) atoms. The third-order valence-corrected chi connectivity index (χ3v) is 5.25. The van der Waals surface area contributed by atoms with Crippen LogP contribution < -0.4 is 10.6 Å². The summed E-state index contributed by atoms with van der Waals surface area (Å²) in [6.07, 6.45) is 1.56. The third-order valence-electron chi connectivity index (χ3n) is 4.34. The minimum atomic E-state index is -0.471. The van der Waals surface area contributed by atoms with Gasteiger partial charge in [0.25, 0.3) is 11.6 Å². The number of para-hydroxylation sites is 1. The summed E-state index contributed by atoms with van der Waals surface area (Å²) in [5.74, 6) is 0.227. The van der Waals surface area contributed by atoms with Gasteiger partial charge in [0.15, 0.2) is 5.17 Å². The maximum atomic E-state index is 12.3. The second kappa shape index (κ2) is 8.90. The van der Waals surface area contributed by atoms with Gasteiger partial charge in [-0.05, 0) is 54.2 Å². The fourth-order valence-corrected chi connectivity index (χ4v) is 3.79. The normalized spacial score (nSPS) is 15.7. The molecule has 0 atom stereocenters. The number of amides is 2. The Kier molecular flexibility index (Phi) is 5.86. The van der Waals surface area contributed by atoms with Crippen molar-refractivity contribution >= 4 is 51.9 Å². The monoisotopic (exact) mass is 448 g/mol. The van der Waals surface area contributed by atoms with Gasteiger partial charge in [0.05, 0.1) is 21.1 Å². The molecule has 9 nitrogen and oxygen atoms in total. The molecule has 0 radical (unpaired) electrons. The van der Waals surface area contributed by atoms with Crippen molar-refractivity contribution in [2.75, 3.05) is 5.32 Å². The van der Waals surface area contributed by atoms with Gasteiger partial charge in [-0.1, -0.05) is 12.1 Å². The molecular formula is C22H16N4O5S. The van der Waals surface area contributed by atoms with E-state index in [0.29, 0.717) is 38.5 Å². The lowest BCUT2D eigenvalue weighted by Gasteiger charge is -2.02. The number of hydrogen-bond donors (Lipinski definition) is 2. The number of hydrogen-bond acceptors (Lipinski definition) is 7. The summed E-state index contributed by atoms with van der Waals surface area (Å²) in [5.41, 5.74) is 1.56. The van der Waals surface area contributed by atoms with Crippen molar-refractivity contribution in [2.45, 2.75) is 6.92 Å². The van der Waals surface area contributed by atoms with Crippen molar-refractivity contribution in [2.24, 2.45) is 4.99 Å². The number of carbonyl (C=O) groups is 2. The van der Waals surface area contributed by atoms with Crippen LogP contribution in [0.3, 0.4) is 0 Å². The second-order valence-electron chi connectivity index (χ2n) is 6.69. The first-order valence-corrected chi connectivity index (χ1v) is 10.2. The molecule has 10 heteroatoms. The van der Waals surface area contributed by atoms with Crippen LogP contribution in [0.15, 0.2) is 75.0 Å². The van der Waals surface area contributed by atoms with Gasteiger partial charge in [-0.15, -0.1) is 0 Å². The number of rotatable bonds is 5. The van der Waals surface area contributed by atoms with E-state index in [2.05, 4.69) is 15.6 Å². The minimum absolute atomic E-state index is 0.0621. The predicted molar refractivity (Wildman–Crippen MR) is 122 cm³/mol. The highest BCUT2D eigenvalue weighted by Crippen LogP contribution is 2.33. The van der Waals surface area contributed by atoms with Crippen molar-refractivity contribution < 1.29 is 18.9 Å². The molecule has 1 saturated heterocycles. The number of nitrogens with zero attached hydrogens (tertiary/aromatic N) is 2. The largest absolute Gasteiger partial charge is 0.456 e. The molecule has 4 rings (SSSR count). The lowest BCUT2D eigenvalue weighted by Crippen LogP contribution is -2.19. The Labute approximate surface area is 186 Å². The van der Waals surface area contributed by atoms with Gasteiger partial charge < -0.3 is 15.1 Å². The number of nitro groups is 1. The van der Waals surface area contributed by atoms with Crippen LogP contribution in [-0.4, -0.2) is 21.9 Å². The molecule has 0 unspecified atom stereocenters. The van der Waals surface area contributed by atoms with Gasteiger partial charge in [-0.25, -0.2) is 4.99 Å². The zero-order valence-electron chi connectivity index (χ0n) is 16.7. The molecule has 0 aliphatic carbocycles. The van der Waals surface area contributed by atoms with Gasteiger partial charge >= 0.3 is 0 Å². The highest BCUT2D eigenvalue weighted by atomic mass is 32.2. The molecule has 1 aliphatic rings.